The number of anilines is 2. The maximum Gasteiger partial charge on any atom is 0.417 e. The van der Waals surface area contributed by atoms with Gasteiger partial charge in [-0.2, -0.15) is 13.2 Å². The Bertz CT molecular complexity index is 2780. The summed E-state index contributed by atoms with van der Waals surface area (Å²) in [5.74, 6) is -5.26. The normalized spacial score (nSPS) is 18.6. The van der Waals surface area contributed by atoms with Gasteiger partial charge in [-0.05, 0) is 99.2 Å². The van der Waals surface area contributed by atoms with Crippen molar-refractivity contribution in [2.45, 2.75) is 103 Å². The number of ether oxygens (including phenoxy) is 4. The minimum atomic E-state index is -5.38. The first-order valence-electron chi connectivity index (χ1n) is 22.4. The largest absolute Gasteiger partial charge is 0.497 e. The fraction of sp³-hybridized carbons (Fsp3) is 0.380. The Labute approximate surface area is 403 Å². The molecule has 3 aliphatic rings. The van der Waals surface area contributed by atoms with E-state index in [0.29, 0.717) is 22.6 Å². The number of fused-ring (bicyclic) bond motifs is 5. The van der Waals surface area contributed by atoms with Crippen molar-refractivity contribution in [3.63, 3.8) is 0 Å². The Morgan fingerprint density at radius 3 is 2.04 bits per heavy atom. The van der Waals surface area contributed by atoms with E-state index < -0.39 is 124 Å². The molecule has 21 heteroatoms. The van der Waals surface area contributed by atoms with Gasteiger partial charge in [0, 0.05) is 37.9 Å². The lowest BCUT2D eigenvalue weighted by atomic mass is 9.94. The average Bonchev–Trinajstić information content (AvgIpc) is 3.57. The van der Waals surface area contributed by atoms with Gasteiger partial charge in [-0.1, -0.05) is 30.3 Å². The van der Waals surface area contributed by atoms with E-state index in [4.69, 9.17) is 18.9 Å². The van der Waals surface area contributed by atoms with Crippen LogP contribution in [-0.4, -0.2) is 99.9 Å². The Kier molecular flexibility index (Phi) is 13.7. The highest BCUT2D eigenvalue weighted by atomic mass is 19.4. The van der Waals surface area contributed by atoms with Gasteiger partial charge >= 0.3 is 18.2 Å². The Hall–Kier alpha value is -7.32. The first-order chi connectivity index (χ1) is 33.6. The molecule has 5 aromatic rings. The monoisotopic (exact) mass is 994 g/mol. The van der Waals surface area contributed by atoms with Crippen molar-refractivity contribution in [3.05, 3.63) is 124 Å². The number of nitrogens with zero attached hydrogens (tertiary/aromatic N) is 5. The summed E-state index contributed by atoms with van der Waals surface area (Å²) in [5, 5.41) is 12.1. The Balaban J connectivity index is 1.33. The van der Waals surface area contributed by atoms with Gasteiger partial charge in [-0.25, -0.2) is 37.1 Å². The number of halogens is 7. The third-order valence-electron chi connectivity index (χ3n) is 12.7. The lowest BCUT2D eigenvalue weighted by molar-refractivity contribution is -0.137. The van der Waals surface area contributed by atoms with Gasteiger partial charge in [-0.3, -0.25) is 9.69 Å². The van der Waals surface area contributed by atoms with Gasteiger partial charge in [-0.15, -0.1) is 0 Å². The zero-order valence-corrected chi connectivity index (χ0v) is 39.2. The highest BCUT2D eigenvalue weighted by molar-refractivity contribution is 6.03. The second-order valence-electron chi connectivity index (χ2n) is 18.4. The van der Waals surface area contributed by atoms with Gasteiger partial charge in [0.25, 0.3) is 12.3 Å². The van der Waals surface area contributed by atoms with Crippen LogP contribution in [-0.2, 0) is 30.5 Å². The highest BCUT2D eigenvalue weighted by Crippen LogP contribution is 2.49. The topological polar surface area (TPSA) is 156 Å². The molecule has 0 radical (unpaired) electrons. The molecule has 4 atom stereocenters. The predicted octanol–water partition coefficient (Wildman–Crippen LogP) is 9.90. The molecule has 0 spiro atoms. The predicted molar refractivity (Wildman–Crippen MR) is 244 cm³/mol. The summed E-state index contributed by atoms with van der Waals surface area (Å²) in [6.07, 6.45) is -10.3. The fourth-order valence-corrected chi connectivity index (χ4v) is 9.44. The quantitative estimate of drug-likeness (QED) is 0.108. The molecule has 5 heterocycles. The third kappa shape index (κ3) is 10.0. The van der Waals surface area contributed by atoms with Crippen LogP contribution < -0.4 is 24.4 Å². The van der Waals surface area contributed by atoms with Crippen LogP contribution in [0, 0.1) is 18.6 Å². The van der Waals surface area contributed by atoms with Crippen molar-refractivity contribution in [3.8, 4) is 28.6 Å². The molecule has 0 aliphatic carbocycles. The number of nitrogens with one attached hydrogen (secondary N) is 1. The second-order valence-corrected chi connectivity index (χ2v) is 18.4. The molecule has 71 heavy (non-hydrogen) atoms. The lowest BCUT2D eigenvalue weighted by Gasteiger charge is -2.47. The average molecular weight is 995 g/mol. The molecular weight excluding hydrogens is 946 g/mol. The Morgan fingerprint density at radius 2 is 1.52 bits per heavy atom. The fourth-order valence-electron chi connectivity index (χ4n) is 9.44. The van der Waals surface area contributed by atoms with Gasteiger partial charge in [0.15, 0.2) is 11.9 Å². The van der Waals surface area contributed by atoms with E-state index in [-0.39, 0.29) is 43.7 Å². The molecule has 14 nitrogen and oxygen atoms in total. The van der Waals surface area contributed by atoms with Crippen molar-refractivity contribution >= 4 is 29.3 Å². The number of benzene rings is 3. The number of hydrogen-bond donors (Lipinski definition) is 2. The summed E-state index contributed by atoms with van der Waals surface area (Å²) >= 11 is 0. The van der Waals surface area contributed by atoms with Crippen molar-refractivity contribution in [2.75, 3.05) is 31.0 Å². The number of methoxy groups -OCH3 is 2. The van der Waals surface area contributed by atoms with E-state index in [1.54, 1.807) is 69.3 Å². The number of carbonyl (C=O) groups is 3. The third-order valence-corrected chi connectivity index (χ3v) is 12.7. The van der Waals surface area contributed by atoms with Crippen molar-refractivity contribution < 1.29 is 69.2 Å². The zero-order valence-electron chi connectivity index (χ0n) is 39.2. The standard InChI is InChI=1S/C50H49F7N6O8/c1-25-37(50(55,56)57)32(19-35(38(25)51)61(22-26-7-13-30(68-5)14-8-26)23-27-9-15-31(69-6)16-10-27)40-39(52)41(59-21-28-11-17-33(47(65)66)58-20-28)36-45(60-40)70-43(44(53)54)42-34-18-12-29(24-62(42)46(36)64)63(34)48(67)71-49(2,3)4/h7-11,13-17,19-20,29,34,42-44H,12,18,21-24H2,1-6H3,(H,59,60)(H,65,66)/t29-,34+,42+,43-/m1/s1. The van der Waals surface area contributed by atoms with Crippen LogP contribution in [0.4, 0.5) is 46.9 Å². The number of carboxylic acid groups (broad SMARTS) is 1. The van der Waals surface area contributed by atoms with E-state index in [1.165, 1.54) is 30.1 Å². The van der Waals surface area contributed by atoms with E-state index in [9.17, 15) is 14.7 Å². The highest BCUT2D eigenvalue weighted by Gasteiger charge is 2.58. The summed E-state index contributed by atoms with van der Waals surface area (Å²) in [7, 11) is 2.92. The number of carboxylic acids is 1. The number of piperazine rings is 1. The summed E-state index contributed by atoms with van der Waals surface area (Å²) in [6, 6.07) is 13.1. The number of pyridine rings is 2. The van der Waals surface area contributed by atoms with Crippen LogP contribution in [0.25, 0.3) is 11.3 Å². The molecule has 3 aliphatic heterocycles. The van der Waals surface area contributed by atoms with Crippen molar-refractivity contribution in [1.82, 2.24) is 19.8 Å². The van der Waals surface area contributed by atoms with Gasteiger partial charge < -0.3 is 39.2 Å². The van der Waals surface area contributed by atoms with E-state index in [1.807, 2.05) is 0 Å². The number of alkyl halides is 5. The van der Waals surface area contributed by atoms with Gasteiger partial charge in [0.1, 0.15) is 39.9 Å². The first kappa shape index (κ1) is 50.1. The van der Waals surface area contributed by atoms with Crippen LogP contribution in [0.2, 0.25) is 0 Å². The van der Waals surface area contributed by atoms with Gasteiger partial charge in [0.05, 0.1) is 49.3 Å². The SMILES string of the molecule is COc1ccc(CN(Cc2ccc(OC)cc2)c2cc(-c3nc4c(c(NCc5ccc(C(=O)O)nc5)c3F)C(=O)N3C[C@H]5CC[C@@H]([C@H]3[C@H](C(F)F)O4)N5C(=O)OC(C)(C)C)c(C(F)(F)F)c(C)c2F)cc1. The Morgan fingerprint density at radius 1 is 0.915 bits per heavy atom. The molecule has 2 saturated heterocycles. The van der Waals surface area contributed by atoms with Crippen LogP contribution in [0.3, 0.4) is 0 Å². The molecule has 376 valence electrons. The number of carbonyl (C=O) groups excluding carboxylic acids is 2. The number of aromatic nitrogens is 2. The smallest absolute Gasteiger partial charge is 0.417 e. The lowest BCUT2D eigenvalue weighted by Crippen LogP contribution is -2.67. The van der Waals surface area contributed by atoms with Crippen LogP contribution >= 0.6 is 0 Å². The molecule has 2 aromatic heterocycles. The number of aromatic carboxylic acids is 1. The van der Waals surface area contributed by atoms with Crippen molar-refractivity contribution in [1.29, 1.82) is 0 Å². The van der Waals surface area contributed by atoms with Gasteiger partial charge in [0.2, 0.25) is 5.88 Å². The molecule has 0 saturated carbocycles. The summed E-state index contributed by atoms with van der Waals surface area (Å²) < 4.78 is 135. The second kappa shape index (κ2) is 19.5. The molecule has 2 bridgehead atoms. The minimum absolute atomic E-state index is 0.105. The number of amides is 2. The number of hydrogen-bond acceptors (Lipinski definition) is 11. The van der Waals surface area contributed by atoms with E-state index >= 15 is 35.5 Å². The molecule has 8 rings (SSSR count). The molecule has 3 aromatic carbocycles. The minimum Gasteiger partial charge on any atom is -0.497 e. The summed E-state index contributed by atoms with van der Waals surface area (Å²) in [4.78, 5) is 52.0. The summed E-state index contributed by atoms with van der Waals surface area (Å²) in [5.41, 5.74) is -6.70. The molecular formula is C50H49F7N6O8. The maximum absolute atomic E-state index is 17.9. The maximum atomic E-state index is 17.9. The van der Waals surface area contributed by atoms with Crippen LogP contribution in [0.15, 0.2) is 72.9 Å². The first-order valence-corrected chi connectivity index (χ1v) is 22.4. The van der Waals surface area contributed by atoms with E-state index in [0.717, 1.165) is 30.2 Å². The molecule has 2 fully saturated rings. The zero-order chi connectivity index (χ0) is 51.3. The molecule has 2 N–H and O–H groups in total. The molecule has 0 unspecified atom stereocenters. The number of rotatable bonds is 13. The van der Waals surface area contributed by atoms with E-state index in [2.05, 4.69) is 15.3 Å². The van der Waals surface area contributed by atoms with Crippen LogP contribution in [0.5, 0.6) is 17.4 Å². The summed E-state index contributed by atoms with van der Waals surface area (Å²) in [6.45, 7) is 4.76. The molecule has 2 amide bonds. The van der Waals surface area contributed by atoms with Crippen LogP contribution in [0.1, 0.15) is 82.3 Å². The van der Waals surface area contributed by atoms with Crippen molar-refractivity contribution in [2.24, 2.45) is 0 Å².